The molecule has 0 aliphatic carbocycles. The van der Waals surface area contributed by atoms with Crippen molar-refractivity contribution >= 4 is 34.7 Å². The lowest BCUT2D eigenvalue weighted by Gasteiger charge is -2.29. The molecule has 1 N–H and O–H groups in total. The Hall–Kier alpha value is -1.57. The fourth-order valence-corrected chi connectivity index (χ4v) is 3.06. The summed E-state index contributed by atoms with van der Waals surface area (Å²) in [4.78, 5) is 49.6. The van der Waals surface area contributed by atoms with Crippen LogP contribution in [0.25, 0.3) is 0 Å². The van der Waals surface area contributed by atoms with Crippen LogP contribution in [0.15, 0.2) is 0 Å². The highest BCUT2D eigenvalue weighted by atomic mass is 32.2. The smallest absolute Gasteiger partial charge is 0.314 e. The summed E-state index contributed by atoms with van der Waals surface area (Å²) in [6.45, 7) is 11.5. The first-order valence-electron chi connectivity index (χ1n) is 8.63. The molecule has 0 aromatic rings. The van der Waals surface area contributed by atoms with Crippen LogP contribution in [0.3, 0.4) is 0 Å². The van der Waals surface area contributed by atoms with Gasteiger partial charge in [0, 0.05) is 24.8 Å². The maximum Gasteiger partial charge on any atom is 0.314 e. The average molecular weight is 375 g/mol. The number of amides is 2. The molecule has 0 fully saturated rings. The number of nitrogens with zero attached hydrogens (tertiary/aromatic N) is 1. The van der Waals surface area contributed by atoms with Gasteiger partial charge in [0.1, 0.15) is 12.5 Å². The molecule has 0 aliphatic rings. The molecule has 25 heavy (non-hydrogen) atoms. The van der Waals surface area contributed by atoms with Gasteiger partial charge < -0.3 is 15.0 Å². The molecule has 0 saturated heterocycles. The fraction of sp³-hybridized carbons (Fsp3) is 0.765. The van der Waals surface area contributed by atoms with Gasteiger partial charge in [0.15, 0.2) is 5.12 Å². The standard InChI is InChI=1S/C17H30N2O5S/c1-7-13(20)18-16(17(23)19(8-2)9-3)12(6)25-15(22)10-14(21)24-11(4)5/h11-12,16H,7-10H2,1-6H3,(H,18,20). The van der Waals surface area contributed by atoms with Crippen LogP contribution in [0.5, 0.6) is 0 Å². The molecule has 8 heteroatoms. The molecule has 0 rings (SSSR count). The molecule has 2 unspecified atom stereocenters. The zero-order valence-electron chi connectivity index (χ0n) is 16.0. The summed E-state index contributed by atoms with van der Waals surface area (Å²) in [5.41, 5.74) is 0. The van der Waals surface area contributed by atoms with Crippen molar-refractivity contribution in [3.05, 3.63) is 0 Å². The highest BCUT2D eigenvalue weighted by Crippen LogP contribution is 2.19. The van der Waals surface area contributed by atoms with E-state index in [0.29, 0.717) is 13.1 Å². The maximum absolute atomic E-state index is 12.6. The molecule has 144 valence electrons. The number of rotatable bonds is 10. The summed E-state index contributed by atoms with van der Waals surface area (Å²) >= 11 is 0.880. The summed E-state index contributed by atoms with van der Waals surface area (Å²) < 4.78 is 4.95. The Balaban J connectivity index is 4.99. The fourth-order valence-electron chi connectivity index (χ4n) is 2.13. The molecule has 2 amide bonds. The van der Waals surface area contributed by atoms with E-state index in [9.17, 15) is 19.2 Å². The molecule has 2 atom stereocenters. The lowest BCUT2D eigenvalue weighted by molar-refractivity contribution is -0.148. The lowest BCUT2D eigenvalue weighted by atomic mass is 10.1. The Morgan fingerprint density at radius 3 is 2.04 bits per heavy atom. The zero-order valence-corrected chi connectivity index (χ0v) is 16.8. The molecule has 0 radical (unpaired) electrons. The molecule has 0 aromatic heterocycles. The van der Waals surface area contributed by atoms with Crippen molar-refractivity contribution < 1.29 is 23.9 Å². The number of ether oxygens (including phenoxy) is 1. The molecule has 0 aromatic carbocycles. The van der Waals surface area contributed by atoms with Gasteiger partial charge in [-0.15, -0.1) is 0 Å². The van der Waals surface area contributed by atoms with Gasteiger partial charge in [-0.1, -0.05) is 25.6 Å². The van der Waals surface area contributed by atoms with Crippen LogP contribution < -0.4 is 5.32 Å². The van der Waals surface area contributed by atoms with E-state index in [1.165, 1.54) is 0 Å². The number of likely N-dealkylation sites (N-methyl/N-ethyl adjacent to an activating group) is 1. The van der Waals surface area contributed by atoms with Crippen molar-refractivity contribution in [3.8, 4) is 0 Å². The van der Waals surface area contributed by atoms with E-state index in [1.807, 2.05) is 13.8 Å². The summed E-state index contributed by atoms with van der Waals surface area (Å²) in [7, 11) is 0. The number of hydrogen-bond donors (Lipinski definition) is 1. The van der Waals surface area contributed by atoms with Crippen LogP contribution in [0.1, 0.15) is 54.4 Å². The number of thioether (sulfide) groups is 1. The Morgan fingerprint density at radius 2 is 1.60 bits per heavy atom. The molecule has 0 bridgehead atoms. The number of nitrogens with one attached hydrogen (secondary N) is 1. The van der Waals surface area contributed by atoms with E-state index >= 15 is 0 Å². The molecule has 0 spiro atoms. The van der Waals surface area contributed by atoms with Gasteiger partial charge >= 0.3 is 5.97 Å². The largest absolute Gasteiger partial charge is 0.463 e. The molecular weight excluding hydrogens is 344 g/mol. The van der Waals surface area contributed by atoms with Crippen molar-refractivity contribution in [1.82, 2.24) is 10.2 Å². The average Bonchev–Trinajstić information content (AvgIpc) is 2.51. The first-order chi connectivity index (χ1) is 11.7. The van der Waals surface area contributed by atoms with E-state index in [1.54, 1.807) is 32.6 Å². The van der Waals surface area contributed by atoms with Crippen molar-refractivity contribution in [2.45, 2.75) is 71.8 Å². The second kappa shape index (κ2) is 11.9. The second-order valence-electron chi connectivity index (χ2n) is 5.82. The van der Waals surface area contributed by atoms with Gasteiger partial charge in [-0.25, -0.2) is 0 Å². The van der Waals surface area contributed by atoms with Crippen molar-refractivity contribution in [2.75, 3.05) is 13.1 Å². The molecule has 0 saturated carbocycles. The van der Waals surface area contributed by atoms with E-state index in [-0.39, 0.29) is 35.9 Å². The summed E-state index contributed by atoms with van der Waals surface area (Å²) in [5.74, 6) is -1.09. The van der Waals surface area contributed by atoms with Crippen LogP contribution in [0.4, 0.5) is 0 Å². The highest BCUT2D eigenvalue weighted by Gasteiger charge is 2.31. The van der Waals surface area contributed by atoms with E-state index in [0.717, 1.165) is 11.8 Å². The third-order valence-electron chi connectivity index (χ3n) is 3.42. The second-order valence-corrected chi connectivity index (χ2v) is 7.25. The predicted molar refractivity (Wildman–Crippen MR) is 98.1 cm³/mol. The quantitative estimate of drug-likeness (QED) is 0.462. The third kappa shape index (κ3) is 8.90. The van der Waals surface area contributed by atoms with Gasteiger partial charge in [-0.05, 0) is 27.7 Å². The Kier molecular flexibility index (Phi) is 11.1. The summed E-state index contributed by atoms with van der Waals surface area (Å²) in [6.07, 6.45) is -0.404. The van der Waals surface area contributed by atoms with Crippen LogP contribution in [0.2, 0.25) is 0 Å². The Morgan fingerprint density at radius 1 is 1.04 bits per heavy atom. The van der Waals surface area contributed by atoms with Crippen LogP contribution in [-0.2, 0) is 23.9 Å². The van der Waals surface area contributed by atoms with E-state index in [4.69, 9.17) is 4.74 Å². The topological polar surface area (TPSA) is 92.8 Å². The molecule has 7 nitrogen and oxygen atoms in total. The van der Waals surface area contributed by atoms with Crippen molar-refractivity contribution in [2.24, 2.45) is 0 Å². The first kappa shape index (κ1) is 23.4. The van der Waals surface area contributed by atoms with Gasteiger partial charge in [0.25, 0.3) is 0 Å². The van der Waals surface area contributed by atoms with Crippen LogP contribution in [-0.4, -0.2) is 58.3 Å². The number of hydrogen-bond acceptors (Lipinski definition) is 6. The zero-order chi connectivity index (χ0) is 19.6. The highest BCUT2D eigenvalue weighted by molar-refractivity contribution is 8.14. The number of carbonyl (C=O) groups excluding carboxylic acids is 4. The van der Waals surface area contributed by atoms with E-state index in [2.05, 4.69) is 5.32 Å². The summed E-state index contributed by atoms with van der Waals surface area (Å²) in [5, 5.41) is 1.80. The lowest BCUT2D eigenvalue weighted by Crippen LogP contribution is -2.53. The van der Waals surface area contributed by atoms with Crippen molar-refractivity contribution in [1.29, 1.82) is 0 Å². The minimum absolute atomic E-state index is 0.232. The number of esters is 1. The Bertz CT molecular complexity index is 478. The molecular formula is C17H30N2O5S. The molecule has 0 aliphatic heterocycles. The minimum Gasteiger partial charge on any atom is -0.463 e. The van der Waals surface area contributed by atoms with Crippen molar-refractivity contribution in [3.63, 3.8) is 0 Å². The van der Waals surface area contributed by atoms with Gasteiger partial charge in [-0.2, -0.15) is 0 Å². The Labute approximate surface area is 154 Å². The third-order valence-corrected chi connectivity index (χ3v) is 4.47. The van der Waals surface area contributed by atoms with Gasteiger partial charge in [-0.3, -0.25) is 19.2 Å². The van der Waals surface area contributed by atoms with Crippen LogP contribution in [0, 0.1) is 0 Å². The van der Waals surface area contributed by atoms with Gasteiger partial charge in [0.2, 0.25) is 11.8 Å². The monoisotopic (exact) mass is 374 g/mol. The maximum atomic E-state index is 12.6. The SMILES string of the molecule is CCC(=O)NC(C(=O)N(CC)CC)C(C)SC(=O)CC(=O)OC(C)C. The van der Waals surface area contributed by atoms with Gasteiger partial charge in [0.05, 0.1) is 6.10 Å². The molecule has 0 heterocycles. The first-order valence-corrected chi connectivity index (χ1v) is 9.51. The van der Waals surface area contributed by atoms with E-state index < -0.39 is 17.3 Å². The minimum atomic E-state index is -0.817. The normalized spacial score (nSPS) is 13.1. The summed E-state index contributed by atoms with van der Waals surface area (Å²) in [6, 6.07) is -0.817. The predicted octanol–water partition coefficient (Wildman–Crippen LogP) is 1.74. The van der Waals surface area contributed by atoms with Crippen LogP contribution >= 0.6 is 11.8 Å². The number of carbonyl (C=O) groups is 4.